The predicted molar refractivity (Wildman–Crippen MR) is 91.5 cm³/mol. The molecule has 21 heavy (non-hydrogen) atoms. The maximum Gasteiger partial charge on any atom is 0.174 e. The summed E-state index contributed by atoms with van der Waals surface area (Å²) < 4.78 is 0. The lowest BCUT2D eigenvalue weighted by molar-refractivity contribution is 0.0992. The van der Waals surface area contributed by atoms with Crippen molar-refractivity contribution in [1.29, 1.82) is 0 Å². The highest BCUT2D eigenvalue weighted by atomic mass is 32.2. The molecular weight excluding hydrogens is 300 g/mol. The van der Waals surface area contributed by atoms with Gasteiger partial charge in [-0.2, -0.15) is 0 Å². The Morgan fingerprint density at radius 1 is 1.33 bits per heavy atom. The molecule has 0 unspecified atom stereocenters. The van der Waals surface area contributed by atoms with Crippen LogP contribution in [0.1, 0.15) is 34.1 Å². The number of carbonyl (C=O) groups is 1. The van der Waals surface area contributed by atoms with Gasteiger partial charge in [0, 0.05) is 19.5 Å². The lowest BCUT2D eigenvalue weighted by atomic mass is 10.1. The standard InChI is InChI=1S/C16H18N2OS2/c1-3-12(19)14-13(17)15(20-2)16(21-14)18-8-10-6-4-5-7-11(10)9-18/h4-7H,3,8-9,17H2,1-2H3. The number of ketones is 1. The van der Waals surface area contributed by atoms with Gasteiger partial charge >= 0.3 is 0 Å². The van der Waals surface area contributed by atoms with Gasteiger partial charge in [-0.1, -0.05) is 31.2 Å². The normalized spacial score (nSPS) is 13.5. The fourth-order valence-electron chi connectivity index (χ4n) is 2.67. The molecule has 2 aromatic rings. The highest BCUT2D eigenvalue weighted by Gasteiger charge is 2.26. The van der Waals surface area contributed by atoms with Crippen LogP contribution < -0.4 is 10.6 Å². The van der Waals surface area contributed by atoms with E-state index in [1.165, 1.54) is 11.1 Å². The van der Waals surface area contributed by atoms with Gasteiger partial charge in [0.15, 0.2) is 5.78 Å². The second-order valence-electron chi connectivity index (χ2n) is 5.08. The van der Waals surface area contributed by atoms with Crippen molar-refractivity contribution in [3.05, 3.63) is 40.3 Å². The molecule has 0 saturated carbocycles. The molecule has 0 aliphatic carbocycles. The predicted octanol–water partition coefficient (Wildman–Crippen LogP) is 4.17. The number of rotatable bonds is 4. The fourth-order valence-corrected chi connectivity index (χ4v) is 4.86. The summed E-state index contributed by atoms with van der Waals surface area (Å²) in [7, 11) is 0. The Bertz CT molecular complexity index is 669. The SMILES string of the molecule is CCC(=O)c1sc(N2Cc3ccccc3C2)c(SC)c1N. The molecule has 3 rings (SSSR count). The van der Waals surface area contributed by atoms with Crippen LogP contribution in [0.25, 0.3) is 0 Å². The Morgan fingerprint density at radius 2 is 1.95 bits per heavy atom. The van der Waals surface area contributed by atoms with Gasteiger partial charge in [-0.25, -0.2) is 0 Å². The van der Waals surface area contributed by atoms with Gasteiger partial charge < -0.3 is 10.6 Å². The summed E-state index contributed by atoms with van der Waals surface area (Å²) in [5.74, 6) is 0.135. The summed E-state index contributed by atoms with van der Waals surface area (Å²) in [5.41, 5.74) is 9.59. The van der Waals surface area contributed by atoms with Crippen LogP contribution in [0.4, 0.5) is 10.7 Å². The molecule has 1 aromatic heterocycles. The average molecular weight is 318 g/mol. The van der Waals surface area contributed by atoms with E-state index in [2.05, 4.69) is 29.2 Å². The lowest BCUT2D eigenvalue weighted by Gasteiger charge is -2.17. The third kappa shape index (κ3) is 2.45. The summed E-state index contributed by atoms with van der Waals surface area (Å²) in [6, 6.07) is 8.49. The molecule has 5 heteroatoms. The first kappa shape index (κ1) is 14.5. The quantitative estimate of drug-likeness (QED) is 0.679. The molecular formula is C16H18N2OS2. The Kier molecular flexibility index (Phi) is 3.95. The summed E-state index contributed by atoms with van der Waals surface area (Å²) in [6.07, 6.45) is 2.52. The molecule has 2 N–H and O–H groups in total. The van der Waals surface area contributed by atoms with E-state index in [4.69, 9.17) is 5.73 Å². The number of thiophene rings is 1. The molecule has 2 heterocycles. The van der Waals surface area contributed by atoms with Crippen molar-refractivity contribution in [3.63, 3.8) is 0 Å². The maximum absolute atomic E-state index is 12.1. The van der Waals surface area contributed by atoms with Crippen LogP contribution in [-0.4, -0.2) is 12.0 Å². The molecule has 0 atom stereocenters. The number of anilines is 2. The molecule has 0 radical (unpaired) electrons. The highest BCUT2D eigenvalue weighted by molar-refractivity contribution is 7.99. The minimum absolute atomic E-state index is 0.135. The zero-order valence-electron chi connectivity index (χ0n) is 12.2. The van der Waals surface area contributed by atoms with Gasteiger partial charge in [-0.05, 0) is 17.4 Å². The van der Waals surface area contributed by atoms with Gasteiger partial charge in [-0.3, -0.25) is 4.79 Å². The van der Waals surface area contributed by atoms with Crippen molar-refractivity contribution < 1.29 is 4.79 Å². The number of nitrogens with two attached hydrogens (primary N) is 1. The maximum atomic E-state index is 12.1. The highest BCUT2D eigenvalue weighted by Crippen LogP contribution is 2.46. The van der Waals surface area contributed by atoms with E-state index >= 15 is 0 Å². The smallest absolute Gasteiger partial charge is 0.174 e. The third-order valence-electron chi connectivity index (χ3n) is 3.79. The van der Waals surface area contributed by atoms with Crippen molar-refractivity contribution in [1.82, 2.24) is 0 Å². The van der Waals surface area contributed by atoms with Gasteiger partial charge in [0.1, 0.15) is 5.00 Å². The average Bonchev–Trinajstić information content (AvgIpc) is 3.06. The van der Waals surface area contributed by atoms with Gasteiger partial charge in [0.25, 0.3) is 0 Å². The van der Waals surface area contributed by atoms with E-state index in [1.807, 2.05) is 13.2 Å². The van der Waals surface area contributed by atoms with E-state index in [1.54, 1.807) is 23.1 Å². The summed E-state index contributed by atoms with van der Waals surface area (Å²) in [4.78, 5) is 16.1. The molecule has 1 aliphatic rings. The number of nitrogens with zero attached hydrogens (tertiary/aromatic N) is 1. The number of carbonyl (C=O) groups excluding carboxylic acids is 1. The molecule has 0 spiro atoms. The Morgan fingerprint density at radius 3 is 2.48 bits per heavy atom. The second kappa shape index (κ2) is 5.73. The lowest BCUT2D eigenvalue weighted by Crippen LogP contribution is -2.13. The third-order valence-corrected chi connectivity index (χ3v) is 6.05. The van der Waals surface area contributed by atoms with Crippen molar-refractivity contribution in [3.8, 4) is 0 Å². The largest absolute Gasteiger partial charge is 0.396 e. The van der Waals surface area contributed by atoms with Crippen LogP contribution in [0.2, 0.25) is 0 Å². The molecule has 0 amide bonds. The van der Waals surface area contributed by atoms with Crippen molar-refractivity contribution in [2.24, 2.45) is 0 Å². The van der Waals surface area contributed by atoms with Crippen LogP contribution in [0, 0.1) is 0 Å². The Hall–Kier alpha value is -1.46. The Balaban J connectivity index is 1.99. The first-order valence-electron chi connectivity index (χ1n) is 6.96. The van der Waals surface area contributed by atoms with Crippen molar-refractivity contribution in [2.45, 2.75) is 31.3 Å². The van der Waals surface area contributed by atoms with Gasteiger partial charge in [0.2, 0.25) is 0 Å². The minimum atomic E-state index is 0.135. The van der Waals surface area contributed by atoms with Crippen molar-refractivity contribution >= 4 is 39.6 Å². The van der Waals surface area contributed by atoms with E-state index < -0.39 is 0 Å². The number of thioether (sulfide) groups is 1. The van der Waals surface area contributed by atoms with Gasteiger partial charge in [0.05, 0.1) is 15.5 Å². The first-order valence-corrected chi connectivity index (χ1v) is 9.01. The molecule has 0 fully saturated rings. The van der Waals surface area contributed by atoms with Crippen LogP contribution in [0.15, 0.2) is 29.2 Å². The molecule has 1 aliphatic heterocycles. The molecule has 0 saturated heterocycles. The zero-order chi connectivity index (χ0) is 15.0. The van der Waals surface area contributed by atoms with E-state index in [0.717, 1.165) is 23.0 Å². The Labute approximate surface area is 133 Å². The monoisotopic (exact) mass is 318 g/mol. The summed E-state index contributed by atoms with van der Waals surface area (Å²) >= 11 is 3.17. The molecule has 0 bridgehead atoms. The number of fused-ring (bicyclic) bond motifs is 1. The second-order valence-corrected chi connectivity index (χ2v) is 6.90. The van der Waals surface area contributed by atoms with E-state index in [-0.39, 0.29) is 5.78 Å². The van der Waals surface area contributed by atoms with Gasteiger partial charge in [-0.15, -0.1) is 23.1 Å². The number of nitrogen functional groups attached to an aromatic ring is 1. The summed E-state index contributed by atoms with van der Waals surface area (Å²) in [5, 5.41) is 1.13. The fraction of sp³-hybridized carbons (Fsp3) is 0.312. The van der Waals surface area contributed by atoms with Crippen LogP contribution in [0.5, 0.6) is 0 Å². The number of hydrogen-bond donors (Lipinski definition) is 1. The van der Waals surface area contributed by atoms with E-state index in [0.29, 0.717) is 17.0 Å². The zero-order valence-corrected chi connectivity index (χ0v) is 13.8. The number of Topliss-reactive ketones (excluding diaryl/α,β-unsaturated/α-hetero) is 1. The first-order chi connectivity index (χ1) is 10.2. The number of hydrogen-bond acceptors (Lipinski definition) is 5. The minimum Gasteiger partial charge on any atom is -0.396 e. The van der Waals surface area contributed by atoms with Crippen LogP contribution in [-0.2, 0) is 13.1 Å². The number of benzene rings is 1. The van der Waals surface area contributed by atoms with Crippen molar-refractivity contribution in [2.75, 3.05) is 16.9 Å². The molecule has 3 nitrogen and oxygen atoms in total. The summed E-state index contributed by atoms with van der Waals surface area (Å²) in [6.45, 7) is 3.67. The van der Waals surface area contributed by atoms with Crippen LogP contribution >= 0.6 is 23.1 Å². The van der Waals surface area contributed by atoms with Crippen LogP contribution in [0.3, 0.4) is 0 Å². The van der Waals surface area contributed by atoms with E-state index in [9.17, 15) is 4.79 Å². The topological polar surface area (TPSA) is 46.3 Å². The molecule has 1 aromatic carbocycles. The molecule has 110 valence electrons.